The number of fused-ring (bicyclic) bond motifs is 2. The van der Waals surface area contributed by atoms with Gasteiger partial charge in [0.1, 0.15) is 18.1 Å². The highest BCUT2D eigenvalue weighted by atomic mass is 16.6. The number of carbonyl (C=O) groups is 14. The number of benzene rings is 4. The number of nitrogens with zero attached hydrogens (tertiary/aromatic N) is 5. The van der Waals surface area contributed by atoms with Crippen molar-refractivity contribution in [1.29, 1.82) is 0 Å². The van der Waals surface area contributed by atoms with Crippen molar-refractivity contribution in [2.75, 3.05) is 105 Å². The van der Waals surface area contributed by atoms with Crippen molar-refractivity contribution < 1.29 is 103 Å². The third-order valence-electron chi connectivity index (χ3n) is 19.1. The van der Waals surface area contributed by atoms with Gasteiger partial charge in [0.15, 0.2) is 0 Å². The van der Waals surface area contributed by atoms with Crippen LogP contribution in [0.15, 0.2) is 78.9 Å². The molecule has 4 aromatic carbocycles. The number of unbranched alkanes of at least 4 members (excludes halogenated alkanes) is 2. The molecule has 1 saturated carbocycles. The molecule has 0 unspecified atom stereocenters. The molecule has 4 aromatic rings. The summed E-state index contributed by atoms with van der Waals surface area (Å²) in [5.41, 5.74) is 1.51. The van der Waals surface area contributed by atoms with E-state index in [0.717, 1.165) is 32.7 Å². The molecule has 110 heavy (non-hydrogen) atoms. The molecule has 600 valence electrons. The second kappa shape index (κ2) is 46.4. The van der Waals surface area contributed by atoms with Crippen molar-refractivity contribution >= 4 is 110 Å². The molecule has 1 heterocycles. The van der Waals surface area contributed by atoms with E-state index in [-0.39, 0.29) is 167 Å². The molecular weight excluding hydrogens is 1440 g/mol. The Bertz CT molecular complexity index is 3750. The van der Waals surface area contributed by atoms with Gasteiger partial charge in [-0.05, 0) is 129 Å². The second-order valence-electron chi connectivity index (χ2n) is 27.6. The lowest BCUT2D eigenvalue weighted by atomic mass is 9.85. The minimum Gasteiger partial charge on any atom is -0.481 e. The van der Waals surface area contributed by atoms with Crippen LogP contribution in [0.4, 0.5) is 10.5 Å². The van der Waals surface area contributed by atoms with Gasteiger partial charge in [-0.3, -0.25) is 82.5 Å². The highest BCUT2D eigenvalue weighted by molar-refractivity contribution is 6.03. The summed E-state index contributed by atoms with van der Waals surface area (Å²) in [4.78, 5) is 195. The molecule has 0 aromatic heterocycles. The first kappa shape index (κ1) is 87.9. The maximum Gasteiger partial charge on any atom is 0.326 e. The zero-order chi connectivity index (χ0) is 80.1. The van der Waals surface area contributed by atoms with Gasteiger partial charge in [-0.15, -0.1) is 0 Å². The number of urea groups is 1. The molecule has 36 nitrogen and oxygen atoms in total. The zero-order valence-corrected chi connectivity index (χ0v) is 61.5. The second-order valence-corrected chi connectivity index (χ2v) is 27.6. The Morgan fingerprint density at radius 1 is 0.464 bits per heavy atom. The van der Waals surface area contributed by atoms with E-state index in [1.807, 2.05) is 54.6 Å². The van der Waals surface area contributed by atoms with E-state index in [4.69, 9.17) is 5.11 Å². The predicted octanol–water partition coefficient (Wildman–Crippen LogP) is 1.24. The molecule has 0 bridgehead atoms. The number of nitro groups is 1. The summed E-state index contributed by atoms with van der Waals surface area (Å²) in [6, 6.07) is 17.0. The van der Waals surface area contributed by atoms with Crippen molar-refractivity contribution in [2.45, 2.75) is 146 Å². The van der Waals surface area contributed by atoms with E-state index in [1.54, 1.807) is 31.7 Å². The number of aliphatic carboxylic acids is 6. The van der Waals surface area contributed by atoms with Crippen LogP contribution in [0.2, 0.25) is 0 Å². The Morgan fingerprint density at radius 2 is 0.955 bits per heavy atom. The number of amides is 9. The van der Waals surface area contributed by atoms with Gasteiger partial charge in [0.25, 0.3) is 5.69 Å². The van der Waals surface area contributed by atoms with E-state index < -0.39 is 131 Å². The maximum atomic E-state index is 14.3. The number of aryl methyl sites for hydroxylation is 1. The summed E-state index contributed by atoms with van der Waals surface area (Å²) in [6.45, 7) is -0.129. The van der Waals surface area contributed by atoms with Crippen LogP contribution < -0.4 is 47.9 Å². The lowest BCUT2D eigenvalue weighted by Crippen LogP contribution is -2.51. The summed E-state index contributed by atoms with van der Waals surface area (Å²) in [7, 11) is 0. The lowest BCUT2D eigenvalue weighted by Gasteiger charge is -2.32. The molecule has 6 rings (SSSR count). The predicted molar refractivity (Wildman–Crippen MR) is 398 cm³/mol. The van der Waals surface area contributed by atoms with Crippen molar-refractivity contribution in [2.24, 2.45) is 5.92 Å². The molecule has 1 aliphatic heterocycles. The first-order chi connectivity index (χ1) is 52.6. The van der Waals surface area contributed by atoms with Gasteiger partial charge in [-0.25, -0.2) is 14.4 Å². The van der Waals surface area contributed by atoms with Gasteiger partial charge in [-0.1, -0.05) is 60.7 Å². The average molecular weight is 1540 g/mol. The van der Waals surface area contributed by atoms with Gasteiger partial charge >= 0.3 is 41.8 Å². The summed E-state index contributed by atoms with van der Waals surface area (Å²) in [5.74, 6) is -11.3. The molecule has 0 spiro atoms. The summed E-state index contributed by atoms with van der Waals surface area (Å²) in [6.07, 6.45) is 2.70. The standard InChI is InChI=1S/C74H102N14O22/c89-61(19-9-11-48-21-27-54(28-22-48)88(109)110)77-42-64(92)80-53(14-5-7-29-75-65(93)44-84-31-33-85(45-67(96)97)35-37-87(47-69(100)101)38-36-86(34-32-84)46-68(98)99)40-62(90)78-43-63(91)79-52-25-23-49(24-26-52)70(102)81-60(41-57-55-15-3-1-12-50(55)39-51-13-2-4-16-56(51)57)71(103)76-30-8-6-17-58(72(104)105)82-74(108)83-59(73(106)107)18-10-20-66(94)95/h1-4,12-13,15-16,21-22,27-28,39,49,52-53,58-60H,5-11,14,17-20,23-26,29-38,40-47H2,(H,75,93)(H,76,103)(H,77,89)(H,78,90)(H,79,91)(H,80,92)(H,81,102)(H,94,95)(H,96,97)(H,98,99)(H,100,101)(H,104,105)(H,106,107)(H2,82,83,108)/t49?,52?,53-,58-,59-,60-/m0/s1. The molecule has 0 radical (unpaired) electrons. The molecule has 2 fully saturated rings. The minimum atomic E-state index is -1.47. The van der Waals surface area contributed by atoms with E-state index in [0.29, 0.717) is 51.4 Å². The molecular formula is C74H102N14O22. The van der Waals surface area contributed by atoms with E-state index in [9.17, 15) is 103 Å². The summed E-state index contributed by atoms with van der Waals surface area (Å²) >= 11 is 0. The van der Waals surface area contributed by atoms with Crippen LogP contribution in [0.1, 0.15) is 114 Å². The average Bonchev–Trinajstić information content (AvgIpc) is 0.772. The number of nitrogens with one attached hydrogen (secondary N) is 9. The molecule has 15 N–H and O–H groups in total. The number of hydrogen-bond donors (Lipinski definition) is 15. The topological polar surface area (TPSA) is 525 Å². The monoisotopic (exact) mass is 1540 g/mol. The number of carboxylic acid groups (broad SMARTS) is 6. The molecule has 1 aliphatic carbocycles. The Labute approximate surface area is 634 Å². The number of rotatable bonds is 44. The normalized spacial score (nSPS) is 16.5. The van der Waals surface area contributed by atoms with Crippen LogP contribution in [0, 0.1) is 16.0 Å². The van der Waals surface area contributed by atoms with E-state index in [1.165, 1.54) is 12.1 Å². The zero-order valence-electron chi connectivity index (χ0n) is 61.5. The first-order valence-electron chi connectivity index (χ1n) is 37.0. The quantitative estimate of drug-likeness (QED) is 0.0128. The van der Waals surface area contributed by atoms with Crippen LogP contribution in [-0.4, -0.2) is 273 Å². The van der Waals surface area contributed by atoms with Gasteiger partial charge in [-0.2, -0.15) is 0 Å². The number of carboxylic acids is 6. The molecule has 2 aliphatic rings. The van der Waals surface area contributed by atoms with Gasteiger partial charge in [0, 0.05) is 121 Å². The Kier molecular flexibility index (Phi) is 37.1. The summed E-state index contributed by atoms with van der Waals surface area (Å²) < 4.78 is 0. The minimum absolute atomic E-state index is 0.0373. The van der Waals surface area contributed by atoms with Gasteiger partial charge in [0.05, 0.1) is 44.2 Å². The lowest BCUT2D eigenvalue weighted by molar-refractivity contribution is -0.384. The van der Waals surface area contributed by atoms with Crippen molar-refractivity contribution in [3.05, 3.63) is 100 Å². The number of hydrogen-bond acceptors (Lipinski definition) is 20. The Hall–Kier alpha value is -11.0. The fourth-order valence-corrected chi connectivity index (χ4v) is 13.2. The molecule has 9 amide bonds. The largest absolute Gasteiger partial charge is 0.481 e. The van der Waals surface area contributed by atoms with Gasteiger partial charge in [0.2, 0.25) is 41.4 Å². The highest BCUT2D eigenvalue weighted by Gasteiger charge is 2.33. The smallest absolute Gasteiger partial charge is 0.326 e. The molecule has 36 heteroatoms. The fraction of sp³-hybridized carbons (Fsp3) is 0.541. The van der Waals surface area contributed by atoms with E-state index in [2.05, 4.69) is 47.9 Å². The fourth-order valence-electron chi connectivity index (χ4n) is 13.2. The SMILES string of the molecule is O=C(O)CCC[C@H](NC(=O)N[C@@H](CCCCNC(=O)[C@H](Cc1c2ccccc2cc2ccccc12)NC(=O)C1CCC(NC(=O)CNC(=O)C[C@H](CCCCNC(=O)CN2CCN(CC(=O)O)CCN(CC(=O)O)CCN(CC(=O)O)CC2)NC(=O)CNC(=O)CCCc2ccc([N+](=O)[O-])cc2)CC1)C(=O)O)C(=O)O. The summed E-state index contributed by atoms with van der Waals surface area (Å²) in [5, 5.41) is 95.7. The number of non-ortho nitro benzene ring substituents is 1. The van der Waals surface area contributed by atoms with Crippen LogP contribution in [0.3, 0.4) is 0 Å². The van der Waals surface area contributed by atoms with Gasteiger partial charge < -0.3 is 78.5 Å². The van der Waals surface area contributed by atoms with Crippen molar-refractivity contribution in [3.8, 4) is 0 Å². The number of nitro benzene ring substituents is 1. The van der Waals surface area contributed by atoms with Crippen LogP contribution in [0.5, 0.6) is 0 Å². The highest BCUT2D eigenvalue weighted by Crippen LogP contribution is 2.31. The molecule has 4 atom stereocenters. The third-order valence-corrected chi connectivity index (χ3v) is 19.1. The van der Waals surface area contributed by atoms with Crippen molar-refractivity contribution in [1.82, 2.24) is 67.5 Å². The van der Waals surface area contributed by atoms with Crippen LogP contribution >= 0.6 is 0 Å². The maximum absolute atomic E-state index is 14.3. The third kappa shape index (κ3) is 32.8. The van der Waals surface area contributed by atoms with Crippen molar-refractivity contribution in [3.63, 3.8) is 0 Å². The Morgan fingerprint density at radius 3 is 1.47 bits per heavy atom. The Balaban J connectivity index is 1.02. The first-order valence-corrected chi connectivity index (χ1v) is 37.0. The van der Waals surface area contributed by atoms with Crippen LogP contribution in [-0.2, 0) is 75.2 Å². The molecule has 1 saturated heterocycles. The number of carbonyl (C=O) groups excluding carboxylic acids is 8. The van der Waals surface area contributed by atoms with Crippen LogP contribution in [0.25, 0.3) is 21.5 Å². The van der Waals surface area contributed by atoms with E-state index >= 15 is 0 Å².